The van der Waals surface area contributed by atoms with Gasteiger partial charge in [0.25, 0.3) is 5.89 Å². The van der Waals surface area contributed by atoms with Crippen LogP contribution in [0.3, 0.4) is 0 Å². The molecule has 1 aromatic heterocycles. The van der Waals surface area contributed by atoms with Crippen molar-refractivity contribution in [1.29, 1.82) is 0 Å². The topological polar surface area (TPSA) is 64.9 Å². The van der Waals surface area contributed by atoms with Crippen LogP contribution >= 0.6 is 11.6 Å². The molecule has 0 bridgehead atoms. The van der Waals surface area contributed by atoms with Crippen LogP contribution in [0.5, 0.6) is 0 Å². The second-order valence-electron chi connectivity index (χ2n) is 4.44. The van der Waals surface area contributed by atoms with E-state index in [1.54, 1.807) is 6.07 Å². The zero-order chi connectivity index (χ0) is 14.8. The normalized spacial score (nSPS) is 12.3. The summed E-state index contributed by atoms with van der Waals surface area (Å²) in [4.78, 5) is 0. The van der Waals surface area contributed by atoms with Crippen LogP contribution in [0.15, 0.2) is 52.9 Å². The number of hydrogen-bond acceptors (Lipinski definition) is 4. The number of aromatic nitrogens is 2. The second kappa shape index (κ2) is 5.63. The van der Waals surface area contributed by atoms with Crippen molar-refractivity contribution in [1.82, 2.24) is 10.2 Å². The third-order valence-electron chi connectivity index (χ3n) is 3.05. The van der Waals surface area contributed by atoms with Crippen LogP contribution in [-0.2, 0) is 0 Å². The Bertz CT molecular complexity index is 761. The van der Waals surface area contributed by atoms with E-state index in [0.29, 0.717) is 0 Å². The molecule has 6 heteroatoms. The molecule has 0 aliphatic rings. The molecule has 0 amide bonds. The maximum atomic E-state index is 13.9. The first-order chi connectivity index (χ1) is 10.2. The van der Waals surface area contributed by atoms with Crippen molar-refractivity contribution in [3.8, 4) is 11.5 Å². The lowest BCUT2D eigenvalue weighted by molar-refractivity contribution is 0.481. The first-order valence-electron chi connectivity index (χ1n) is 6.25. The minimum atomic E-state index is -0.595. The maximum Gasteiger partial charge on any atom is 0.250 e. The molecule has 1 unspecified atom stereocenters. The van der Waals surface area contributed by atoms with Crippen molar-refractivity contribution in [2.75, 3.05) is 0 Å². The van der Waals surface area contributed by atoms with Crippen molar-refractivity contribution in [3.05, 3.63) is 70.8 Å². The molecule has 106 valence electrons. The van der Waals surface area contributed by atoms with Gasteiger partial charge < -0.3 is 10.2 Å². The summed E-state index contributed by atoms with van der Waals surface area (Å²) < 4.78 is 19.4. The number of hydrogen-bond donors (Lipinski definition) is 1. The average Bonchev–Trinajstić information content (AvgIpc) is 3.00. The zero-order valence-corrected chi connectivity index (χ0v) is 11.6. The van der Waals surface area contributed by atoms with E-state index in [0.717, 1.165) is 5.56 Å². The highest BCUT2D eigenvalue weighted by molar-refractivity contribution is 6.31. The molecule has 0 radical (unpaired) electrons. The van der Waals surface area contributed by atoms with Gasteiger partial charge in [-0.15, -0.1) is 10.2 Å². The Balaban J connectivity index is 1.95. The third-order valence-corrected chi connectivity index (χ3v) is 3.34. The van der Waals surface area contributed by atoms with Crippen molar-refractivity contribution in [2.24, 2.45) is 5.73 Å². The lowest BCUT2D eigenvalue weighted by Gasteiger charge is -2.06. The highest BCUT2D eigenvalue weighted by Crippen LogP contribution is 2.28. The lowest BCUT2D eigenvalue weighted by Crippen LogP contribution is -2.11. The Morgan fingerprint density at radius 1 is 1.05 bits per heavy atom. The van der Waals surface area contributed by atoms with Gasteiger partial charge in [-0.05, 0) is 17.7 Å². The molecule has 2 N–H and O–H groups in total. The standard InChI is InChI=1S/C15H11ClFN3O/c16-11-8-4-7-10(12(11)17)14-19-20-15(21-14)13(18)9-5-2-1-3-6-9/h1-8,13H,18H2. The molecular weight excluding hydrogens is 293 g/mol. The number of nitrogens with two attached hydrogens (primary N) is 1. The number of rotatable bonds is 3. The molecule has 0 spiro atoms. The maximum absolute atomic E-state index is 13.9. The summed E-state index contributed by atoms with van der Waals surface area (Å²) in [6.07, 6.45) is 0. The van der Waals surface area contributed by atoms with Gasteiger partial charge in [-0.3, -0.25) is 0 Å². The van der Waals surface area contributed by atoms with Crippen LogP contribution in [0.4, 0.5) is 4.39 Å². The Morgan fingerprint density at radius 3 is 2.57 bits per heavy atom. The van der Waals surface area contributed by atoms with Crippen LogP contribution in [0, 0.1) is 5.82 Å². The largest absolute Gasteiger partial charge is 0.418 e. The van der Waals surface area contributed by atoms with Gasteiger partial charge in [0.05, 0.1) is 10.6 Å². The molecule has 3 aromatic rings. The highest BCUT2D eigenvalue weighted by Gasteiger charge is 2.19. The van der Waals surface area contributed by atoms with Crippen molar-refractivity contribution < 1.29 is 8.81 Å². The molecular formula is C15H11ClFN3O. The Hall–Kier alpha value is -2.24. The predicted molar refractivity (Wildman–Crippen MR) is 77.2 cm³/mol. The first kappa shape index (κ1) is 13.7. The lowest BCUT2D eigenvalue weighted by atomic mass is 10.1. The van der Waals surface area contributed by atoms with Crippen LogP contribution < -0.4 is 5.73 Å². The highest BCUT2D eigenvalue weighted by atomic mass is 35.5. The summed E-state index contributed by atoms with van der Waals surface area (Å²) >= 11 is 5.74. The Morgan fingerprint density at radius 2 is 1.81 bits per heavy atom. The quantitative estimate of drug-likeness (QED) is 0.803. The summed E-state index contributed by atoms with van der Waals surface area (Å²) in [6, 6.07) is 13.3. The van der Waals surface area contributed by atoms with Crippen LogP contribution in [0.1, 0.15) is 17.5 Å². The zero-order valence-electron chi connectivity index (χ0n) is 10.8. The summed E-state index contributed by atoms with van der Waals surface area (Å²) in [5, 5.41) is 7.73. The van der Waals surface area contributed by atoms with E-state index in [1.807, 2.05) is 30.3 Å². The number of nitrogens with zero attached hydrogens (tertiary/aromatic N) is 2. The average molecular weight is 304 g/mol. The van der Waals surface area contributed by atoms with E-state index < -0.39 is 11.9 Å². The minimum absolute atomic E-state index is 0.000363. The van der Waals surface area contributed by atoms with Crippen LogP contribution in [-0.4, -0.2) is 10.2 Å². The van der Waals surface area contributed by atoms with Crippen LogP contribution in [0.25, 0.3) is 11.5 Å². The van der Waals surface area contributed by atoms with Gasteiger partial charge in [0.1, 0.15) is 6.04 Å². The number of halogens is 2. The third kappa shape index (κ3) is 2.66. The van der Waals surface area contributed by atoms with E-state index in [-0.39, 0.29) is 22.4 Å². The van der Waals surface area contributed by atoms with E-state index in [9.17, 15) is 4.39 Å². The summed E-state index contributed by atoms with van der Waals surface area (Å²) in [5.41, 5.74) is 7.05. The van der Waals surface area contributed by atoms with Gasteiger partial charge in [0, 0.05) is 0 Å². The van der Waals surface area contributed by atoms with Crippen molar-refractivity contribution in [2.45, 2.75) is 6.04 Å². The van der Waals surface area contributed by atoms with E-state index in [1.165, 1.54) is 12.1 Å². The van der Waals surface area contributed by atoms with E-state index in [4.69, 9.17) is 21.8 Å². The summed E-state index contributed by atoms with van der Waals surface area (Å²) in [6.45, 7) is 0. The smallest absolute Gasteiger partial charge is 0.250 e. The van der Waals surface area contributed by atoms with E-state index in [2.05, 4.69) is 10.2 Å². The van der Waals surface area contributed by atoms with Crippen molar-refractivity contribution >= 4 is 11.6 Å². The van der Waals surface area contributed by atoms with Gasteiger partial charge in [-0.2, -0.15) is 0 Å². The first-order valence-corrected chi connectivity index (χ1v) is 6.63. The van der Waals surface area contributed by atoms with Crippen molar-refractivity contribution in [3.63, 3.8) is 0 Å². The van der Waals surface area contributed by atoms with Gasteiger partial charge in [-0.25, -0.2) is 4.39 Å². The molecule has 0 saturated heterocycles. The molecule has 1 heterocycles. The molecule has 0 aliphatic heterocycles. The van der Waals surface area contributed by atoms with Crippen LogP contribution in [0.2, 0.25) is 5.02 Å². The molecule has 21 heavy (non-hydrogen) atoms. The Labute approximate surface area is 125 Å². The van der Waals surface area contributed by atoms with Gasteiger partial charge in [0.2, 0.25) is 5.89 Å². The molecule has 4 nitrogen and oxygen atoms in total. The van der Waals surface area contributed by atoms with Gasteiger partial charge in [0.15, 0.2) is 5.82 Å². The van der Waals surface area contributed by atoms with Gasteiger partial charge >= 0.3 is 0 Å². The Kier molecular flexibility index (Phi) is 3.68. The molecule has 0 fully saturated rings. The van der Waals surface area contributed by atoms with E-state index >= 15 is 0 Å². The molecule has 0 saturated carbocycles. The molecule has 1 atom stereocenters. The fourth-order valence-corrected chi connectivity index (χ4v) is 2.12. The fourth-order valence-electron chi connectivity index (χ4n) is 1.94. The molecule has 2 aromatic carbocycles. The monoisotopic (exact) mass is 303 g/mol. The molecule has 3 rings (SSSR count). The summed E-state index contributed by atoms with van der Waals surface area (Å²) in [5.74, 6) is -0.324. The van der Waals surface area contributed by atoms with Gasteiger partial charge in [-0.1, -0.05) is 48.0 Å². The summed E-state index contributed by atoms with van der Waals surface area (Å²) in [7, 11) is 0. The predicted octanol–water partition coefficient (Wildman–Crippen LogP) is 3.58. The fraction of sp³-hybridized carbons (Fsp3) is 0.0667. The minimum Gasteiger partial charge on any atom is -0.418 e. The SMILES string of the molecule is NC(c1ccccc1)c1nnc(-c2cccc(Cl)c2F)o1. The molecule has 0 aliphatic carbocycles. The second-order valence-corrected chi connectivity index (χ2v) is 4.84. The number of benzene rings is 2.